The number of quaternary nitrogens is 1. The van der Waals surface area contributed by atoms with Crippen molar-refractivity contribution in [2.75, 3.05) is 40.9 Å². The highest BCUT2D eigenvalue weighted by Crippen LogP contribution is 2.38. The minimum atomic E-state index is -4.71. The van der Waals surface area contributed by atoms with Crippen molar-refractivity contribution in [3.05, 3.63) is 109 Å². The molecule has 1 N–H and O–H groups in total. The van der Waals surface area contributed by atoms with E-state index in [2.05, 4.69) is 62.5 Å². The van der Waals surface area contributed by atoms with Crippen molar-refractivity contribution >= 4 is 19.7 Å². The van der Waals surface area contributed by atoms with E-state index in [4.69, 9.17) is 13.8 Å². The molecule has 0 spiro atoms. The molecule has 3 atom stereocenters. The number of phosphoric ester groups is 1. The Morgan fingerprint density at radius 1 is 0.507 bits per heavy atom. The number of nitrogens with zero attached hydrogens (tertiary/aromatic N) is 1. The zero-order valence-electron chi connectivity index (χ0n) is 47.5. The second-order valence-corrected chi connectivity index (χ2v) is 22.0. The number of hydrogen-bond acceptors (Lipinski definition) is 7. The maximum absolute atomic E-state index is 13.5. The normalized spacial score (nSPS) is 14.6. The molecule has 1 amide bonds. The number of likely N-dealkylation sites (N-methyl/N-ethyl adjacent to an activating group) is 1. The number of hydrogen-bond donors (Lipinski definition) is 1. The van der Waals surface area contributed by atoms with Gasteiger partial charge in [-0.3, -0.25) is 14.2 Å². The summed E-state index contributed by atoms with van der Waals surface area (Å²) in [5, 5.41) is 3.01. The van der Waals surface area contributed by atoms with Gasteiger partial charge in [-0.1, -0.05) is 240 Å². The quantitative estimate of drug-likeness (QED) is 0.0161. The Bertz CT molecular complexity index is 1620. The third-order valence-electron chi connectivity index (χ3n) is 12.3. The standard InChI is InChI=1S/C63H109N2O7P/c1-7-10-13-16-19-22-25-27-29-31-32-34-35-37-40-43-46-49-52-55-62(66)64-60(59-71-73(68,69)70-58-57-65(4,5)6)61(54-51-48-45-42-39-24-21-18-15-12-9-3)72-63(67)56-53-50-47-44-41-38-36-33-30-28-26-23-20-17-14-11-8-2/h11,14,17,19-20,22-23,26-30,33,36,38,41,51,54,60-61H,7-10,12-13,15-16,18,21,24-25,31-32,34-35,37,39-40,42-50,52-53,55-59H2,1-6H3,(H-,64,66,68,69)/b14-11-,20-17+,22-19-,26-23+,29-27-,30-28-,36-33+,41-38+,54-51+. The van der Waals surface area contributed by atoms with Gasteiger partial charge in [-0.15, -0.1) is 0 Å². The number of ether oxygens (including phenoxy) is 1. The monoisotopic (exact) mass is 1040 g/mol. The Kier molecular flexibility index (Phi) is 49.7. The zero-order valence-corrected chi connectivity index (χ0v) is 48.4. The van der Waals surface area contributed by atoms with E-state index < -0.39 is 26.6 Å². The van der Waals surface area contributed by atoms with Gasteiger partial charge in [0.2, 0.25) is 5.91 Å². The predicted octanol–water partition coefficient (Wildman–Crippen LogP) is 17.1. The molecule has 0 aromatic rings. The SMILES string of the molecule is CC\C=C/C=C/C=C/C=C\C=C\C=C\CCCCCC(=O)OC(/C=C/CCCCCCCCCCC)C(COP(=O)([O-])OCC[N+](C)(C)C)NC(=O)CCCCCCCCCCC/C=C\C/C=C\CCCCC. The molecule has 418 valence electrons. The number of carbonyl (C=O) groups is 2. The van der Waals surface area contributed by atoms with E-state index in [-0.39, 0.29) is 24.9 Å². The Hall–Kier alpha value is -3.33. The molecule has 0 fully saturated rings. The average molecular weight is 1040 g/mol. The molecule has 9 nitrogen and oxygen atoms in total. The van der Waals surface area contributed by atoms with Crippen molar-refractivity contribution in [2.45, 2.75) is 238 Å². The minimum Gasteiger partial charge on any atom is -0.756 e. The average Bonchev–Trinajstić information content (AvgIpc) is 3.35. The smallest absolute Gasteiger partial charge is 0.306 e. The molecule has 0 aromatic carbocycles. The highest BCUT2D eigenvalue weighted by Gasteiger charge is 2.27. The lowest BCUT2D eigenvalue weighted by molar-refractivity contribution is -0.870. The van der Waals surface area contributed by atoms with Gasteiger partial charge in [0.15, 0.2) is 0 Å². The zero-order chi connectivity index (χ0) is 53.6. The number of carbonyl (C=O) groups excluding carboxylic acids is 2. The summed E-state index contributed by atoms with van der Waals surface area (Å²) in [4.78, 5) is 39.9. The maximum Gasteiger partial charge on any atom is 0.306 e. The number of amides is 1. The second-order valence-electron chi connectivity index (χ2n) is 20.6. The lowest BCUT2D eigenvalue weighted by Crippen LogP contribution is -2.47. The van der Waals surface area contributed by atoms with E-state index in [0.717, 1.165) is 83.5 Å². The van der Waals surface area contributed by atoms with Crippen LogP contribution in [0.15, 0.2) is 109 Å². The van der Waals surface area contributed by atoms with Gasteiger partial charge < -0.3 is 28.5 Å². The Labute approximate surface area is 449 Å². The van der Waals surface area contributed by atoms with Crippen LogP contribution in [0.3, 0.4) is 0 Å². The van der Waals surface area contributed by atoms with Gasteiger partial charge in [0, 0.05) is 12.8 Å². The van der Waals surface area contributed by atoms with Gasteiger partial charge in [-0.2, -0.15) is 0 Å². The Morgan fingerprint density at radius 3 is 1.47 bits per heavy atom. The number of rotatable bonds is 51. The first-order valence-corrected chi connectivity index (χ1v) is 30.7. The number of unbranched alkanes of at least 4 members (excludes halogenated alkanes) is 24. The van der Waals surface area contributed by atoms with E-state index in [1.807, 2.05) is 94.1 Å². The molecule has 0 saturated heterocycles. The van der Waals surface area contributed by atoms with Crippen LogP contribution < -0.4 is 10.2 Å². The third kappa shape index (κ3) is 53.3. The highest BCUT2D eigenvalue weighted by molar-refractivity contribution is 7.45. The van der Waals surface area contributed by atoms with Gasteiger partial charge in [-0.05, 0) is 83.1 Å². The summed E-state index contributed by atoms with van der Waals surface area (Å²) in [6.45, 7) is 6.61. The summed E-state index contributed by atoms with van der Waals surface area (Å²) < 4.78 is 30.2. The van der Waals surface area contributed by atoms with E-state index in [0.29, 0.717) is 23.9 Å². The molecule has 73 heavy (non-hydrogen) atoms. The van der Waals surface area contributed by atoms with Crippen LogP contribution >= 0.6 is 7.82 Å². The van der Waals surface area contributed by atoms with Crippen molar-refractivity contribution in [1.82, 2.24) is 5.32 Å². The molecule has 0 aliphatic carbocycles. The highest BCUT2D eigenvalue weighted by atomic mass is 31.2. The minimum absolute atomic E-state index is 0.0365. The van der Waals surface area contributed by atoms with Gasteiger partial charge in [0.1, 0.15) is 19.3 Å². The van der Waals surface area contributed by atoms with E-state index >= 15 is 0 Å². The summed E-state index contributed by atoms with van der Waals surface area (Å²) in [5.41, 5.74) is 0. The molecule has 0 aromatic heterocycles. The molecular formula is C63H109N2O7P. The lowest BCUT2D eigenvalue weighted by atomic mass is 10.0. The van der Waals surface area contributed by atoms with Gasteiger partial charge in [0.25, 0.3) is 7.82 Å². The molecule has 0 saturated carbocycles. The largest absolute Gasteiger partial charge is 0.756 e. The van der Waals surface area contributed by atoms with E-state index in [1.165, 1.54) is 103 Å². The molecule has 0 rings (SSSR count). The van der Waals surface area contributed by atoms with Crippen LogP contribution in [-0.2, 0) is 27.9 Å². The summed E-state index contributed by atoms with van der Waals surface area (Å²) >= 11 is 0. The first kappa shape index (κ1) is 69.7. The van der Waals surface area contributed by atoms with Crippen molar-refractivity contribution in [3.63, 3.8) is 0 Å². The van der Waals surface area contributed by atoms with E-state index in [1.54, 1.807) is 0 Å². The van der Waals surface area contributed by atoms with Crippen molar-refractivity contribution in [3.8, 4) is 0 Å². The van der Waals surface area contributed by atoms with Crippen LogP contribution in [0.4, 0.5) is 0 Å². The predicted molar refractivity (Wildman–Crippen MR) is 311 cm³/mol. The van der Waals surface area contributed by atoms with Crippen LogP contribution in [0.25, 0.3) is 0 Å². The summed E-state index contributed by atoms with van der Waals surface area (Å²) in [7, 11) is 1.14. The number of nitrogens with one attached hydrogen (secondary N) is 1. The number of esters is 1. The third-order valence-corrected chi connectivity index (χ3v) is 13.3. The van der Waals surface area contributed by atoms with Gasteiger partial charge in [-0.25, -0.2) is 0 Å². The summed E-state index contributed by atoms with van der Waals surface area (Å²) in [6, 6.07) is -0.915. The molecule has 0 aliphatic rings. The fourth-order valence-electron chi connectivity index (χ4n) is 7.82. The Morgan fingerprint density at radius 2 is 0.932 bits per heavy atom. The molecule has 10 heteroatoms. The topological polar surface area (TPSA) is 114 Å². The van der Waals surface area contributed by atoms with Crippen molar-refractivity contribution < 1.29 is 37.3 Å². The molecule has 0 bridgehead atoms. The molecule has 0 aliphatic heterocycles. The molecule has 3 unspecified atom stereocenters. The van der Waals surface area contributed by atoms with Crippen molar-refractivity contribution in [2.24, 2.45) is 0 Å². The van der Waals surface area contributed by atoms with Crippen LogP contribution in [0.5, 0.6) is 0 Å². The van der Waals surface area contributed by atoms with Crippen LogP contribution in [-0.4, -0.2) is 69.4 Å². The number of allylic oxidation sites excluding steroid dienone is 17. The maximum atomic E-state index is 13.5. The van der Waals surface area contributed by atoms with Crippen molar-refractivity contribution in [1.29, 1.82) is 0 Å². The summed E-state index contributed by atoms with van der Waals surface area (Å²) in [6.07, 6.45) is 70.5. The second kappa shape index (κ2) is 52.1. The first-order valence-electron chi connectivity index (χ1n) is 29.3. The van der Waals surface area contributed by atoms with E-state index in [9.17, 15) is 19.0 Å². The fourth-order valence-corrected chi connectivity index (χ4v) is 8.54. The van der Waals surface area contributed by atoms with Gasteiger partial charge in [0.05, 0.1) is 33.8 Å². The summed E-state index contributed by atoms with van der Waals surface area (Å²) in [5.74, 6) is -0.605. The lowest BCUT2D eigenvalue weighted by Gasteiger charge is -2.30. The molecule has 0 heterocycles. The van der Waals surface area contributed by atoms with Crippen LogP contribution in [0, 0.1) is 0 Å². The molecular weight excluding hydrogens is 928 g/mol. The first-order chi connectivity index (χ1) is 35.4. The number of phosphoric acid groups is 1. The Balaban J connectivity index is 5.38. The fraction of sp³-hybridized carbons (Fsp3) is 0.683. The van der Waals surface area contributed by atoms with Gasteiger partial charge >= 0.3 is 5.97 Å². The molecule has 0 radical (unpaired) electrons. The van der Waals surface area contributed by atoms with Crippen LogP contribution in [0.1, 0.15) is 226 Å². The van der Waals surface area contributed by atoms with Crippen LogP contribution in [0.2, 0.25) is 0 Å².